The number of hydrogen-bond donors (Lipinski definition) is 1. The summed E-state index contributed by atoms with van der Waals surface area (Å²) in [5.41, 5.74) is 5.67. The Morgan fingerprint density at radius 1 is 1.00 bits per heavy atom. The van der Waals surface area contributed by atoms with E-state index in [0.29, 0.717) is 29.0 Å². The van der Waals surface area contributed by atoms with Gasteiger partial charge in [0.25, 0.3) is 0 Å². The monoisotopic (exact) mass is 435 g/mol. The standard InChI is InChI=1S/C27H30FNO3/c1-17(2)13-14-32-24-12-9-20(15-23(24)28)26-25(31-6)16-22(18(3)27(26)30)19-7-10-21(11-8-19)29(4)5/h7-13,15-16,30H,14H2,1-6H3. The Hall–Kier alpha value is -3.47. The van der Waals surface area contributed by atoms with E-state index < -0.39 is 5.82 Å². The first-order chi connectivity index (χ1) is 15.2. The largest absolute Gasteiger partial charge is 0.507 e. The zero-order valence-corrected chi connectivity index (χ0v) is 19.5. The van der Waals surface area contributed by atoms with E-state index in [1.54, 1.807) is 19.2 Å². The maximum Gasteiger partial charge on any atom is 0.165 e. The quantitative estimate of drug-likeness (QED) is 0.425. The molecule has 168 valence electrons. The second-order valence-electron chi connectivity index (χ2n) is 8.15. The molecule has 0 saturated heterocycles. The summed E-state index contributed by atoms with van der Waals surface area (Å²) >= 11 is 0. The van der Waals surface area contributed by atoms with Gasteiger partial charge in [-0.25, -0.2) is 4.39 Å². The van der Waals surface area contributed by atoms with Gasteiger partial charge in [0.15, 0.2) is 11.6 Å². The summed E-state index contributed by atoms with van der Waals surface area (Å²) in [5.74, 6) is 0.206. The fourth-order valence-electron chi connectivity index (χ4n) is 3.49. The number of halogens is 1. The highest BCUT2D eigenvalue weighted by atomic mass is 19.1. The Morgan fingerprint density at radius 3 is 2.22 bits per heavy atom. The van der Waals surface area contributed by atoms with Gasteiger partial charge in [-0.1, -0.05) is 23.8 Å². The maximum absolute atomic E-state index is 14.7. The van der Waals surface area contributed by atoms with Crippen LogP contribution in [0.1, 0.15) is 19.4 Å². The molecule has 3 aromatic rings. The SMILES string of the molecule is COc1cc(-c2ccc(N(C)C)cc2)c(C)c(O)c1-c1ccc(OCC=C(C)C)c(F)c1. The number of allylic oxidation sites excluding steroid dienone is 1. The lowest BCUT2D eigenvalue weighted by Gasteiger charge is -2.18. The number of phenols is 1. The summed E-state index contributed by atoms with van der Waals surface area (Å²) in [7, 11) is 5.52. The number of aromatic hydroxyl groups is 1. The van der Waals surface area contributed by atoms with Crippen molar-refractivity contribution in [2.75, 3.05) is 32.7 Å². The average Bonchev–Trinajstić information content (AvgIpc) is 2.76. The van der Waals surface area contributed by atoms with Crippen molar-refractivity contribution < 1.29 is 19.0 Å². The molecule has 0 aromatic heterocycles. The predicted molar refractivity (Wildman–Crippen MR) is 129 cm³/mol. The van der Waals surface area contributed by atoms with Gasteiger partial charge in [0.05, 0.1) is 12.7 Å². The molecule has 0 heterocycles. The zero-order chi connectivity index (χ0) is 23.4. The van der Waals surface area contributed by atoms with Crippen LogP contribution in [0.5, 0.6) is 17.2 Å². The second-order valence-corrected chi connectivity index (χ2v) is 8.15. The van der Waals surface area contributed by atoms with Crippen molar-refractivity contribution in [3.8, 4) is 39.5 Å². The number of rotatable bonds is 7. The van der Waals surface area contributed by atoms with Crippen LogP contribution in [0.15, 0.2) is 60.2 Å². The van der Waals surface area contributed by atoms with E-state index in [2.05, 4.69) is 0 Å². The van der Waals surface area contributed by atoms with E-state index in [4.69, 9.17) is 9.47 Å². The number of hydrogen-bond acceptors (Lipinski definition) is 4. The fourth-order valence-corrected chi connectivity index (χ4v) is 3.49. The molecule has 4 nitrogen and oxygen atoms in total. The molecule has 0 aliphatic heterocycles. The van der Waals surface area contributed by atoms with E-state index in [1.807, 2.05) is 76.2 Å². The second kappa shape index (κ2) is 9.77. The lowest BCUT2D eigenvalue weighted by molar-refractivity contribution is 0.341. The summed E-state index contributed by atoms with van der Waals surface area (Å²) < 4.78 is 25.8. The maximum atomic E-state index is 14.7. The van der Waals surface area contributed by atoms with Crippen LogP contribution in [0.3, 0.4) is 0 Å². The smallest absolute Gasteiger partial charge is 0.165 e. The van der Waals surface area contributed by atoms with Gasteiger partial charge in [-0.15, -0.1) is 0 Å². The minimum absolute atomic E-state index is 0.0636. The van der Waals surface area contributed by atoms with Crippen LogP contribution in [-0.4, -0.2) is 32.9 Å². The zero-order valence-electron chi connectivity index (χ0n) is 19.5. The molecule has 0 radical (unpaired) electrons. The highest BCUT2D eigenvalue weighted by Gasteiger charge is 2.20. The van der Waals surface area contributed by atoms with Gasteiger partial charge in [0, 0.05) is 19.8 Å². The van der Waals surface area contributed by atoms with Gasteiger partial charge in [0.1, 0.15) is 18.1 Å². The Balaban J connectivity index is 2.02. The number of nitrogens with zero attached hydrogens (tertiary/aromatic N) is 1. The first-order valence-electron chi connectivity index (χ1n) is 10.5. The summed E-state index contributed by atoms with van der Waals surface area (Å²) in [6.07, 6.45) is 1.88. The van der Waals surface area contributed by atoms with Crippen molar-refractivity contribution in [1.29, 1.82) is 0 Å². The minimum atomic E-state index is -0.493. The van der Waals surface area contributed by atoms with Gasteiger partial charge < -0.3 is 19.5 Å². The topological polar surface area (TPSA) is 41.9 Å². The van der Waals surface area contributed by atoms with Crippen LogP contribution in [0.2, 0.25) is 0 Å². The van der Waals surface area contributed by atoms with E-state index in [0.717, 1.165) is 22.4 Å². The molecule has 0 saturated carbocycles. The molecular weight excluding hydrogens is 405 g/mol. The molecule has 1 N–H and O–H groups in total. The molecule has 0 fully saturated rings. The van der Waals surface area contributed by atoms with Crippen LogP contribution in [0, 0.1) is 12.7 Å². The number of phenolic OH excluding ortho intramolecular Hbond substituents is 1. The van der Waals surface area contributed by atoms with Gasteiger partial charge in [-0.05, 0) is 79.4 Å². The first-order valence-corrected chi connectivity index (χ1v) is 10.5. The van der Waals surface area contributed by atoms with Crippen molar-refractivity contribution in [2.24, 2.45) is 0 Å². The highest BCUT2D eigenvalue weighted by Crippen LogP contribution is 2.45. The summed E-state index contributed by atoms with van der Waals surface area (Å²) in [4.78, 5) is 2.03. The van der Waals surface area contributed by atoms with Gasteiger partial charge in [-0.2, -0.15) is 0 Å². The number of ether oxygens (including phenoxy) is 2. The average molecular weight is 436 g/mol. The highest BCUT2D eigenvalue weighted by molar-refractivity contribution is 5.85. The molecule has 32 heavy (non-hydrogen) atoms. The van der Waals surface area contributed by atoms with Crippen molar-refractivity contribution in [2.45, 2.75) is 20.8 Å². The summed E-state index contributed by atoms with van der Waals surface area (Å²) in [5, 5.41) is 11.1. The molecular formula is C27H30FNO3. The molecule has 0 aliphatic carbocycles. The van der Waals surface area contributed by atoms with Crippen molar-refractivity contribution in [1.82, 2.24) is 0 Å². The Kier molecular flexibility index (Phi) is 7.08. The third-order valence-corrected chi connectivity index (χ3v) is 5.38. The van der Waals surface area contributed by atoms with Crippen LogP contribution >= 0.6 is 0 Å². The molecule has 5 heteroatoms. The van der Waals surface area contributed by atoms with E-state index in [9.17, 15) is 9.50 Å². The fraction of sp³-hybridized carbons (Fsp3) is 0.259. The summed E-state index contributed by atoms with van der Waals surface area (Å²) in [6, 6.07) is 14.6. The molecule has 3 aromatic carbocycles. The van der Waals surface area contributed by atoms with Gasteiger partial charge in [-0.3, -0.25) is 0 Å². The molecule has 0 amide bonds. The Labute approximate surface area is 189 Å². The van der Waals surface area contributed by atoms with Crippen LogP contribution < -0.4 is 14.4 Å². The van der Waals surface area contributed by atoms with Crippen LogP contribution in [0.25, 0.3) is 22.3 Å². The molecule has 0 bridgehead atoms. The predicted octanol–water partition coefficient (Wildman–Crippen LogP) is 6.59. The van der Waals surface area contributed by atoms with Crippen molar-refractivity contribution >= 4 is 5.69 Å². The number of benzene rings is 3. The normalized spacial score (nSPS) is 10.6. The third kappa shape index (κ3) is 4.88. The minimum Gasteiger partial charge on any atom is -0.507 e. The molecule has 0 spiro atoms. The third-order valence-electron chi connectivity index (χ3n) is 5.38. The summed E-state index contributed by atoms with van der Waals surface area (Å²) in [6.45, 7) is 6.06. The van der Waals surface area contributed by atoms with E-state index >= 15 is 0 Å². The van der Waals surface area contributed by atoms with E-state index in [1.165, 1.54) is 6.07 Å². The number of methoxy groups -OCH3 is 1. The first kappa shape index (κ1) is 23.2. The van der Waals surface area contributed by atoms with E-state index in [-0.39, 0.29) is 11.5 Å². The molecule has 3 rings (SSSR count). The van der Waals surface area contributed by atoms with Gasteiger partial charge in [0.2, 0.25) is 0 Å². The lowest BCUT2D eigenvalue weighted by atomic mass is 9.93. The molecule has 0 aliphatic rings. The number of anilines is 1. The lowest BCUT2D eigenvalue weighted by Crippen LogP contribution is -2.07. The Morgan fingerprint density at radius 2 is 1.66 bits per heavy atom. The van der Waals surface area contributed by atoms with Gasteiger partial charge >= 0.3 is 0 Å². The molecule has 0 atom stereocenters. The Bertz CT molecular complexity index is 1130. The van der Waals surface area contributed by atoms with Crippen LogP contribution in [0.4, 0.5) is 10.1 Å². The van der Waals surface area contributed by atoms with Crippen LogP contribution in [-0.2, 0) is 0 Å². The van der Waals surface area contributed by atoms with Crippen molar-refractivity contribution in [3.05, 3.63) is 71.6 Å². The molecule has 0 unspecified atom stereocenters. The van der Waals surface area contributed by atoms with Crippen molar-refractivity contribution in [3.63, 3.8) is 0 Å².